The van der Waals surface area contributed by atoms with Crippen LogP contribution in [0.2, 0.25) is 0 Å². The molecule has 0 aliphatic rings. The standard InChI is InChI=1S/C17H26N2O/c1-5-10-19-17(4,13-18)12-14(3)20-16-9-7-8-15(6-2)11-16/h7-9,11,14,19H,5-6,10,12H2,1-4H3. The number of nitriles is 1. The van der Waals surface area contributed by atoms with Crippen LogP contribution >= 0.6 is 0 Å². The van der Waals surface area contributed by atoms with Gasteiger partial charge in [0.2, 0.25) is 0 Å². The van der Waals surface area contributed by atoms with Crippen molar-refractivity contribution in [2.24, 2.45) is 0 Å². The third-order valence-electron chi connectivity index (χ3n) is 3.35. The Morgan fingerprint density at radius 3 is 2.75 bits per heavy atom. The molecule has 1 aromatic carbocycles. The molecule has 20 heavy (non-hydrogen) atoms. The van der Waals surface area contributed by atoms with Gasteiger partial charge in [-0.1, -0.05) is 26.0 Å². The molecule has 0 radical (unpaired) electrons. The van der Waals surface area contributed by atoms with Gasteiger partial charge in [-0.05, 0) is 50.9 Å². The van der Waals surface area contributed by atoms with Gasteiger partial charge in [0, 0.05) is 6.42 Å². The molecule has 1 rings (SSSR count). The molecular weight excluding hydrogens is 248 g/mol. The Bertz CT molecular complexity index is 453. The topological polar surface area (TPSA) is 45.0 Å². The van der Waals surface area contributed by atoms with Crippen LogP contribution in [0.25, 0.3) is 0 Å². The van der Waals surface area contributed by atoms with E-state index in [1.54, 1.807) is 0 Å². The number of hydrogen-bond donors (Lipinski definition) is 1. The van der Waals surface area contributed by atoms with Crippen molar-refractivity contribution in [1.29, 1.82) is 5.26 Å². The van der Waals surface area contributed by atoms with E-state index in [0.29, 0.717) is 6.42 Å². The lowest BCUT2D eigenvalue weighted by molar-refractivity contribution is 0.179. The van der Waals surface area contributed by atoms with E-state index < -0.39 is 5.54 Å². The summed E-state index contributed by atoms with van der Waals surface area (Å²) in [5, 5.41) is 12.6. The van der Waals surface area contributed by atoms with E-state index in [9.17, 15) is 5.26 Å². The Balaban J connectivity index is 2.61. The van der Waals surface area contributed by atoms with Crippen molar-refractivity contribution in [2.75, 3.05) is 6.54 Å². The van der Waals surface area contributed by atoms with Gasteiger partial charge in [0.25, 0.3) is 0 Å². The third-order valence-corrected chi connectivity index (χ3v) is 3.35. The first kappa shape index (κ1) is 16.5. The van der Waals surface area contributed by atoms with Crippen molar-refractivity contribution in [3.05, 3.63) is 29.8 Å². The van der Waals surface area contributed by atoms with Gasteiger partial charge < -0.3 is 4.74 Å². The highest BCUT2D eigenvalue weighted by Crippen LogP contribution is 2.19. The van der Waals surface area contributed by atoms with E-state index in [1.165, 1.54) is 5.56 Å². The van der Waals surface area contributed by atoms with Gasteiger partial charge in [0.05, 0.1) is 12.2 Å². The minimum absolute atomic E-state index is 0.00360. The zero-order valence-corrected chi connectivity index (χ0v) is 13.1. The molecule has 0 aromatic heterocycles. The van der Waals surface area contributed by atoms with Crippen LogP contribution in [0.1, 0.15) is 46.1 Å². The Morgan fingerprint density at radius 1 is 1.40 bits per heavy atom. The van der Waals surface area contributed by atoms with Crippen molar-refractivity contribution in [2.45, 2.75) is 58.6 Å². The second kappa shape index (κ2) is 7.91. The Labute approximate surface area is 123 Å². The summed E-state index contributed by atoms with van der Waals surface area (Å²) < 4.78 is 5.94. The van der Waals surface area contributed by atoms with Crippen LogP contribution in [0.4, 0.5) is 0 Å². The summed E-state index contributed by atoms with van der Waals surface area (Å²) in [5.41, 5.74) is 0.736. The fourth-order valence-corrected chi connectivity index (χ4v) is 2.25. The summed E-state index contributed by atoms with van der Waals surface area (Å²) in [7, 11) is 0. The van der Waals surface area contributed by atoms with Crippen molar-refractivity contribution in [3.8, 4) is 11.8 Å². The summed E-state index contributed by atoms with van der Waals surface area (Å²) in [4.78, 5) is 0. The molecule has 110 valence electrons. The van der Waals surface area contributed by atoms with Gasteiger partial charge >= 0.3 is 0 Å². The van der Waals surface area contributed by atoms with Crippen molar-refractivity contribution >= 4 is 0 Å². The minimum atomic E-state index is -0.530. The van der Waals surface area contributed by atoms with Crippen molar-refractivity contribution < 1.29 is 4.74 Å². The Kier molecular flexibility index (Phi) is 6.54. The number of nitrogens with zero attached hydrogens (tertiary/aromatic N) is 1. The second-order valence-corrected chi connectivity index (χ2v) is 5.50. The molecule has 0 fully saturated rings. The third kappa shape index (κ3) is 5.22. The monoisotopic (exact) mass is 274 g/mol. The number of rotatable bonds is 8. The molecule has 0 saturated heterocycles. The Morgan fingerprint density at radius 2 is 2.15 bits per heavy atom. The van der Waals surface area contributed by atoms with E-state index in [4.69, 9.17) is 4.74 Å². The van der Waals surface area contributed by atoms with E-state index in [2.05, 4.69) is 37.4 Å². The summed E-state index contributed by atoms with van der Waals surface area (Å²) in [6, 6.07) is 10.5. The van der Waals surface area contributed by atoms with Gasteiger partial charge in [-0.15, -0.1) is 0 Å². The van der Waals surface area contributed by atoms with Crippen LogP contribution in [-0.4, -0.2) is 18.2 Å². The maximum Gasteiger partial charge on any atom is 0.119 e. The first-order chi connectivity index (χ1) is 9.53. The predicted molar refractivity (Wildman–Crippen MR) is 82.8 cm³/mol. The second-order valence-electron chi connectivity index (χ2n) is 5.50. The molecule has 0 aliphatic heterocycles. The van der Waals surface area contributed by atoms with E-state index in [0.717, 1.165) is 25.1 Å². The number of benzene rings is 1. The molecule has 3 nitrogen and oxygen atoms in total. The fourth-order valence-electron chi connectivity index (χ4n) is 2.25. The molecule has 0 amide bonds. The lowest BCUT2D eigenvalue weighted by Gasteiger charge is -2.27. The molecule has 2 unspecified atom stereocenters. The van der Waals surface area contributed by atoms with Crippen LogP contribution in [0.3, 0.4) is 0 Å². The van der Waals surface area contributed by atoms with E-state index >= 15 is 0 Å². The highest BCUT2D eigenvalue weighted by molar-refractivity contribution is 5.28. The average molecular weight is 274 g/mol. The normalized spacial score (nSPS) is 15.2. The van der Waals surface area contributed by atoms with Crippen molar-refractivity contribution in [3.63, 3.8) is 0 Å². The molecule has 0 aliphatic carbocycles. The molecular formula is C17H26N2O. The molecule has 0 heterocycles. The van der Waals surface area contributed by atoms with Gasteiger partial charge in [-0.25, -0.2) is 0 Å². The smallest absolute Gasteiger partial charge is 0.119 e. The number of aryl methyl sites for hydroxylation is 1. The van der Waals surface area contributed by atoms with Crippen LogP contribution < -0.4 is 10.1 Å². The quantitative estimate of drug-likeness (QED) is 0.786. The van der Waals surface area contributed by atoms with Crippen LogP contribution in [0.5, 0.6) is 5.75 Å². The van der Waals surface area contributed by atoms with E-state index in [1.807, 2.05) is 26.0 Å². The maximum atomic E-state index is 9.34. The molecule has 3 heteroatoms. The van der Waals surface area contributed by atoms with Crippen LogP contribution in [0.15, 0.2) is 24.3 Å². The molecule has 0 bridgehead atoms. The summed E-state index contributed by atoms with van der Waals surface area (Å²) in [6.07, 6.45) is 2.68. The number of nitrogens with one attached hydrogen (secondary N) is 1. The maximum absolute atomic E-state index is 9.34. The Hall–Kier alpha value is -1.53. The molecule has 0 saturated carbocycles. The summed E-state index contributed by atoms with van der Waals surface area (Å²) >= 11 is 0. The highest BCUT2D eigenvalue weighted by Gasteiger charge is 2.26. The lowest BCUT2D eigenvalue weighted by atomic mass is 9.96. The van der Waals surface area contributed by atoms with Gasteiger partial charge in [-0.3, -0.25) is 5.32 Å². The lowest BCUT2D eigenvalue weighted by Crippen LogP contribution is -2.44. The minimum Gasteiger partial charge on any atom is -0.491 e. The molecule has 0 spiro atoms. The van der Waals surface area contributed by atoms with Crippen molar-refractivity contribution in [1.82, 2.24) is 5.32 Å². The predicted octanol–water partition coefficient (Wildman–Crippen LogP) is 3.69. The first-order valence-electron chi connectivity index (χ1n) is 7.45. The fraction of sp³-hybridized carbons (Fsp3) is 0.588. The van der Waals surface area contributed by atoms with Gasteiger partial charge in [0.1, 0.15) is 11.3 Å². The highest BCUT2D eigenvalue weighted by atomic mass is 16.5. The first-order valence-corrected chi connectivity index (χ1v) is 7.45. The molecule has 1 N–H and O–H groups in total. The van der Waals surface area contributed by atoms with Crippen LogP contribution in [-0.2, 0) is 6.42 Å². The van der Waals surface area contributed by atoms with E-state index in [-0.39, 0.29) is 6.10 Å². The summed E-state index contributed by atoms with van der Waals surface area (Å²) in [6.45, 7) is 9.03. The van der Waals surface area contributed by atoms with Gasteiger partial charge in [0.15, 0.2) is 0 Å². The number of ether oxygens (including phenoxy) is 1. The largest absolute Gasteiger partial charge is 0.491 e. The van der Waals surface area contributed by atoms with Crippen LogP contribution in [0, 0.1) is 11.3 Å². The summed E-state index contributed by atoms with van der Waals surface area (Å²) in [5.74, 6) is 0.882. The molecule has 2 atom stereocenters. The zero-order valence-electron chi connectivity index (χ0n) is 13.1. The van der Waals surface area contributed by atoms with Gasteiger partial charge in [-0.2, -0.15) is 5.26 Å². The zero-order chi connectivity index (χ0) is 15.0. The average Bonchev–Trinajstić information content (AvgIpc) is 2.45. The number of hydrogen-bond acceptors (Lipinski definition) is 3. The molecule has 1 aromatic rings. The SMILES string of the molecule is CCCNC(C)(C#N)CC(C)Oc1cccc(CC)c1.